The van der Waals surface area contributed by atoms with Gasteiger partial charge in [0.05, 0.1) is 24.1 Å². The van der Waals surface area contributed by atoms with Crippen molar-refractivity contribution in [3.05, 3.63) is 59.6 Å². The van der Waals surface area contributed by atoms with Crippen molar-refractivity contribution in [2.24, 2.45) is 0 Å². The number of amides is 1. The molecule has 0 saturated heterocycles. The molecule has 0 bridgehead atoms. The van der Waals surface area contributed by atoms with Crippen LogP contribution < -0.4 is 10.1 Å². The number of nitrogens with one attached hydrogen (secondary N) is 1. The molecule has 146 valence electrons. The molecule has 0 atom stereocenters. The fourth-order valence-corrected chi connectivity index (χ4v) is 4.05. The third-order valence-corrected chi connectivity index (χ3v) is 5.45. The predicted octanol–water partition coefficient (Wildman–Crippen LogP) is 5.09. The summed E-state index contributed by atoms with van der Waals surface area (Å²) in [6.07, 6.45) is 1.68. The number of aromatic nitrogens is 2. The molecule has 2 heterocycles. The number of carbonyl (C=O) groups excluding carboxylic acids is 1. The minimum atomic E-state index is -0.0938. The van der Waals surface area contributed by atoms with Gasteiger partial charge in [-0.2, -0.15) is 0 Å². The molecule has 0 saturated carbocycles. The van der Waals surface area contributed by atoms with Gasteiger partial charge in [0.1, 0.15) is 10.8 Å². The molecule has 2 aromatic heterocycles. The third-order valence-electron chi connectivity index (χ3n) is 4.56. The van der Waals surface area contributed by atoms with Gasteiger partial charge in [0, 0.05) is 29.2 Å². The molecule has 3 aromatic rings. The Morgan fingerprint density at radius 1 is 1.36 bits per heavy atom. The number of benzene rings is 1. The van der Waals surface area contributed by atoms with Crippen LogP contribution in [0.4, 0.5) is 0 Å². The molecule has 0 spiro atoms. The zero-order valence-corrected chi connectivity index (χ0v) is 17.5. The quantitative estimate of drug-likeness (QED) is 0.567. The van der Waals surface area contributed by atoms with Crippen LogP contribution in [0.2, 0.25) is 0 Å². The van der Waals surface area contributed by atoms with Crippen LogP contribution in [0, 0.1) is 6.92 Å². The maximum absolute atomic E-state index is 12.5. The first kappa shape index (κ1) is 19.9. The second-order valence-electron chi connectivity index (χ2n) is 6.76. The Morgan fingerprint density at radius 2 is 2.07 bits per heavy atom. The van der Waals surface area contributed by atoms with Gasteiger partial charge in [0.25, 0.3) is 5.91 Å². The highest BCUT2D eigenvalue weighted by Crippen LogP contribution is 2.33. The summed E-state index contributed by atoms with van der Waals surface area (Å²) in [7, 11) is 1.65. The minimum Gasteiger partial charge on any atom is -0.497 e. The Hall–Kier alpha value is -2.86. The van der Waals surface area contributed by atoms with Crippen molar-refractivity contribution in [1.82, 2.24) is 14.9 Å². The maximum atomic E-state index is 12.5. The second kappa shape index (κ2) is 8.44. The first-order chi connectivity index (χ1) is 13.5. The van der Waals surface area contributed by atoms with E-state index in [1.54, 1.807) is 24.5 Å². The lowest BCUT2D eigenvalue weighted by molar-refractivity contribution is 0.0957. The van der Waals surface area contributed by atoms with Gasteiger partial charge in [-0.25, -0.2) is 4.98 Å². The number of carbonyl (C=O) groups is 1. The largest absolute Gasteiger partial charge is 0.497 e. The van der Waals surface area contributed by atoms with Crippen molar-refractivity contribution in [2.45, 2.75) is 26.8 Å². The topological polar surface area (TPSA) is 56.1 Å². The Balaban J connectivity index is 1.99. The van der Waals surface area contributed by atoms with Gasteiger partial charge in [-0.05, 0) is 51.1 Å². The molecule has 0 aliphatic rings. The highest BCUT2D eigenvalue weighted by molar-refractivity contribution is 7.13. The van der Waals surface area contributed by atoms with Gasteiger partial charge < -0.3 is 14.6 Å². The fraction of sp³-hybridized carbons (Fsp3) is 0.273. The van der Waals surface area contributed by atoms with E-state index in [0.29, 0.717) is 12.1 Å². The molecular weight excluding hydrogens is 370 g/mol. The summed E-state index contributed by atoms with van der Waals surface area (Å²) >= 11 is 1.59. The van der Waals surface area contributed by atoms with Gasteiger partial charge in [-0.15, -0.1) is 17.9 Å². The first-order valence-corrected chi connectivity index (χ1v) is 10.1. The summed E-state index contributed by atoms with van der Waals surface area (Å²) in [4.78, 5) is 17.4. The SMILES string of the molecule is C=CCNC(=O)c1cc(-c2csc(-c3ccc(OC)cc3)n2)n(C(C)C)c1C. The predicted molar refractivity (Wildman–Crippen MR) is 115 cm³/mol. The van der Waals surface area contributed by atoms with E-state index in [2.05, 4.69) is 30.3 Å². The number of nitrogens with zero attached hydrogens (tertiary/aromatic N) is 2. The number of rotatable bonds is 7. The summed E-state index contributed by atoms with van der Waals surface area (Å²) in [5.41, 5.74) is 4.47. The van der Waals surface area contributed by atoms with E-state index in [9.17, 15) is 4.79 Å². The van der Waals surface area contributed by atoms with Crippen molar-refractivity contribution < 1.29 is 9.53 Å². The van der Waals surface area contributed by atoms with Gasteiger partial charge in [0.2, 0.25) is 0 Å². The van der Waals surface area contributed by atoms with Crippen LogP contribution in [0.5, 0.6) is 5.75 Å². The smallest absolute Gasteiger partial charge is 0.253 e. The fourth-order valence-electron chi connectivity index (χ4n) is 3.23. The molecule has 1 aromatic carbocycles. The first-order valence-electron chi connectivity index (χ1n) is 9.17. The number of hydrogen-bond acceptors (Lipinski definition) is 4. The van der Waals surface area contributed by atoms with Crippen LogP contribution in [0.25, 0.3) is 22.0 Å². The van der Waals surface area contributed by atoms with Crippen molar-refractivity contribution >= 4 is 17.2 Å². The van der Waals surface area contributed by atoms with Crippen LogP contribution in [0.1, 0.15) is 35.9 Å². The van der Waals surface area contributed by atoms with Crippen LogP contribution in [0.15, 0.2) is 48.4 Å². The minimum absolute atomic E-state index is 0.0938. The zero-order chi connectivity index (χ0) is 20.3. The third kappa shape index (κ3) is 3.87. The summed E-state index contributed by atoms with van der Waals surface area (Å²) in [5.74, 6) is 0.726. The molecule has 1 amide bonds. The summed E-state index contributed by atoms with van der Waals surface area (Å²) in [5, 5.41) is 5.84. The number of methoxy groups -OCH3 is 1. The summed E-state index contributed by atoms with van der Waals surface area (Å²) in [6, 6.07) is 10.0. The van der Waals surface area contributed by atoms with Crippen molar-refractivity contribution in [1.29, 1.82) is 0 Å². The van der Waals surface area contributed by atoms with Gasteiger partial charge in [-0.3, -0.25) is 4.79 Å². The summed E-state index contributed by atoms with van der Waals surface area (Å²) in [6.45, 7) is 10.3. The molecule has 0 unspecified atom stereocenters. The standard InChI is InChI=1S/C22H25N3O2S/c1-6-11-23-21(26)18-12-20(25(14(2)3)15(18)4)19-13-28-22(24-19)16-7-9-17(27-5)10-8-16/h6-10,12-14H,1,11H2,2-5H3,(H,23,26). The van der Waals surface area contributed by atoms with Crippen LogP contribution in [-0.4, -0.2) is 29.1 Å². The average Bonchev–Trinajstić information content (AvgIpc) is 3.31. The van der Waals surface area contributed by atoms with E-state index >= 15 is 0 Å². The van der Waals surface area contributed by atoms with Crippen LogP contribution in [-0.2, 0) is 0 Å². The maximum Gasteiger partial charge on any atom is 0.253 e. The van der Waals surface area contributed by atoms with Crippen molar-refractivity contribution in [3.63, 3.8) is 0 Å². The molecule has 3 rings (SSSR count). The number of ether oxygens (including phenoxy) is 1. The average molecular weight is 396 g/mol. The summed E-state index contributed by atoms with van der Waals surface area (Å²) < 4.78 is 7.39. The van der Waals surface area contributed by atoms with E-state index < -0.39 is 0 Å². The van der Waals surface area contributed by atoms with Crippen LogP contribution in [0.3, 0.4) is 0 Å². The normalized spacial score (nSPS) is 10.9. The molecule has 0 aliphatic heterocycles. The van der Waals surface area contributed by atoms with Crippen molar-refractivity contribution in [2.75, 3.05) is 13.7 Å². The van der Waals surface area contributed by atoms with Crippen molar-refractivity contribution in [3.8, 4) is 27.7 Å². The molecule has 6 heteroatoms. The highest BCUT2D eigenvalue weighted by Gasteiger charge is 2.21. The monoisotopic (exact) mass is 395 g/mol. The molecular formula is C22H25N3O2S. The number of hydrogen-bond donors (Lipinski definition) is 1. The van der Waals surface area contributed by atoms with E-state index in [1.807, 2.05) is 42.6 Å². The lowest BCUT2D eigenvalue weighted by Crippen LogP contribution is -2.23. The molecule has 28 heavy (non-hydrogen) atoms. The molecule has 5 nitrogen and oxygen atoms in total. The molecule has 0 fully saturated rings. The van der Waals surface area contributed by atoms with Gasteiger partial charge in [0.15, 0.2) is 0 Å². The number of thiazole rings is 1. The Kier molecular flexibility index (Phi) is 5.99. The lowest BCUT2D eigenvalue weighted by Gasteiger charge is -2.14. The second-order valence-corrected chi connectivity index (χ2v) is 7.62. The Morgan fingerprint density at radius 3 is 2.68 bits per heavy atom. The van der Waals surface area contributed by atoms with E-state index in [4.69, 9.17) is 9.72 Å². The van der Waals surface area contributed by atoms with Gasteiger partial charge in [-0.1, -0.05) is 6.08 Å². The molecule has 0 aliphatic carbocycles. The Bertz CT molecular complexity index is 984. The highest BCUT2D eigenvalue weighted by atomic mass is 32.1. The molecule has 0 radical (unpaired) electrons. The van der Waals surface area contributed by atoms with E-state index in [1.165, 1.54) is 0 Å². The van der Waals surface area contributed by atoms with Crippen LogP contribution >= 0.6 is 11.3 Å². The van der Waals surface area contributed by atoms with E-state index in [0.717, 1.165) is 33.4 Å². The van der Waals surface area contributed by atoms with Gasteiger partial charge >= 0.3 is 0 Å². The zero-order valence-electron chi connectivity index (χ0n) is 16.7. The Labute approximate surface area is 169 Å². The lowest BCUT2D eigenvalue weighted by atomic mass is 10.2. The molecule has 1 N–H and O–H groups in total. The van der Waals surface area contributed by atoms with E-state index in [-0.39, 0.29) is 11.9 Å².